The first kappa shape index (κ1) is 44.3. The lowest BCUT2D eigenvalue weighted by atomic mass is 9.44. The van der Waals surface area contributed by atoms with Crippen molar-refractivity contribution >= 4 is 29.5 Å². The largest absolute Gasteiger partial charge is 0.462 e. The number of ether oxygens (including phenoxy) is 3. The van der Waals surface area contributed by atoms with Crippen molar-refractivity contribution in [3.63, 3.8) is 0 Å². The van der Waals surface area contributed by atoms with E-state index in [9.17, 15) is 64.5 Å². The fourth-order valence-electron chi connectivity index (χ4n) is 8.77. The predicted molar refractivity (Wildman–Crippen MR) is 175 cm³/mol. The van der Waals surface area contributed by atoms with E-state index in [4.69, 9.17) is 19.9 Å². The zero-order valence-electron chi connectivity index (χ0n) is 30.4. The van der Waals surface area contributed by atoms with Gasteiger partial charge in [0.25, 0.3) is 15.3 Å². The molecular formula is C32H40F2N4O19. The number of carbonyl (C=O) groups excluding carboxylic acids is 5. The molecule has 0 aromatic heterocycles. The lowest BCUT2D eigenvalue weighted by Gasteiger charge is -2.63. The predicted octanol–water partition coefficient (Wildman–Crippen LogP) is -0.295. The fraction of sp³-hybridized carbons (Fsp3) is 0.719. The number of halogens is 2. The summed E-state index contributed by atoms with van der Waals surface area (Å²) in [5.74, 6) is -8.47. The van der Waals surface area contributed by atoms with Gasteiger partial charge in [-0.15, -0.1) is 30.3 Å². The number of hydrogen-bond donors (Lipinski definition) is 3. The molecule has 23 nitrogen and oxygen atoms in total. The van der Waals surface area contributed by atoms with Gasteiger partial charge in [-0.05, 0) is 56.3 Å². The van der Waals surface area contributed by atoms with Crippen molar-refractivity contribution in [2.45, 2.75) is 94.2 Å². The quantitative estimate of drug-likeness (QED) is 0.0495. The Morgan fingerprint density at radius 3 is 2.26 bits per heavy atom. The molecule has 0 bridgehead atoms. The molecule has 3 saturated carbocycles. The number of Topliss-reactive ketones (excluding diaryl/α,β-unsaturated/α-hetero) is 1. The highest BCUT2D eigenvalue weighted by molar-refractivity contribution is 6.01. The summed E-state index contributed by atoms with van der Waals surface area (Å²) in [6, 6.07) is -1.84. The second-order valence-electron chi connectivity index (χ2n) is 14.5. The second kappa shape index (κ2) is 17.0. The highest BCUT2D eigenvalue weighted by Gasteiger charge is 2.79. The van der Waals surface area contributed by atoms with Gasteiger partial charge in [0, 0.05) is 23.2 Å². The molecule has 4 aliphatic carbocycles. The summed E-state index contributed by atoms with van der Waals surface area (Å²) in [6.45, 7) is -1.25. The van der Waals surface area contributed by atoms with Gasteiger partial charge >= 0.3 is 17.9 Å². The van der Waals surface area contributed by atoms with E-state index in [1.54, 1.807) is 0 Å². The van der Waals surface area contributed by atoms with Gasteiger partial charge in [0.1, 0.15) is 31.5 Å². The lowest BCUT2D eigenvalue weighted by Crippen LogP contribution is -2.71. The van der Waals surface area contributed by atoms with E-state index in [0.717, 1.165) is 18.2 Å². The minimum Gasteiger partial charge on any atom is -0.462 e. The molecule has 4 unspecified atom stereocenters. The number of nitrogens with zero attached hydrogens (tertiary/aromatic N) is 3. The molecule has 0 saturated heterocycles. The molecule has 3 fully saturated rings. The van der Waals surface area contributed by atoms with Gasteiger partial charge in [0.15, 0.2) is 24.2 Å². The number of aliphatic hydroxyl groups excluding tert-OH is 2. The first-order valence-corrected chi connectivity index (χ1v) is 17.4. The van der Waals surface area contributed by atoms with Crippen molar-refractivity contribution in [3.05, 3.63) is 54.1 Å². The van der Waals surface area contributed by atoms with Crippen LogP contribution in [0.1, 0.15) is 52.4 Å². The minimum absolute atomic E-state index is 0.205. The maximum Gasteiger partial charge on any atom is 0.323 e. The average Bonchev–Trinajstić information content (AvgIpc) is 3.33. The molecule has 0 aromatic rings. The van der Waals surface area contributed by atoms with Crippen LogP contribution in [0.15, 0.2) is 23.8 Å². The summed E-state index contributed by atoms with van der Waals surface area (Å²) in [5, 5.41) is 51.2. The van der Waals surface area contributed by atoms with E-state index >= 15 is 8.78 Å². The van der Waals surface area contributed by atoms with Crippen LogP contribution in [0.2, 0.25) is 0 Å². The zero-order chi connectivity index (χ0) is 42.7. The maximum atomic E-state index is 17.7. The highest BCUT2D eigenvalue weighted by atomic mass is 19.1. The summed E-state index contributed by atoms with van der Waals surface area (Å²) in [7, 11) is 0. The monoisotopic (exact) mass is 822 g/mol. The number of carbonyl (C=O) groups is 5. The number of alkyl halides is 2. The van der Waals surface area contributed by atoms with Gasteiger partial charge < -0.3 is 44.7 Å². The first-order valence-electron chi connectivity index (χ1n) is 17.4. The van der Waals surface area contributed by atoms with Crippen LogP contribution in [0.25, 0.3) is 0 Å². The third-order valence-corrected chi connectivity index (χ3v) is 11.3. The van der Waals surface area contributed by atoms with Gasteiger partial charge in [0.2, 0.25) is 11.4 Å². The molecule has 11 atom stereocenters. The Balaban J connectivity index is 1.56. The Labute approximate surface area is 319 Å². The third-order valence-electron chi connectivity index (χ3n) is 11.3. The van der Waals surface area contributed by atoms with Crippen molar-refractivity contribution < 1.29 is 86.9 Å². The van der Waals surface area contributed by atoms with Gasteiger partial charge in [-0.1, -0.05) is 13.0 Å². The van der Waals surface area contributed by atoms with Gasteiger partial charge in [-0.2, -0.15) is 0 Å². The Bertz CT molecular complexity index is 1730. The van der Waals surface area contributed by atoms with E-state index in [1.807, 2.05) is 0 Å². The molecule has 4 aliphatic rings. The number of esters is 3. The number of aliphatic hydroxyl groups is 2. The standard InChI is InChI=1S/C32H40F2N4O19/c1-29-6-5-16(39)8-20(29)21(33)9-19-18-10-23(40)32(30(18,2)12-24(41)31(19,29)34,56-26(43)4-3-7-54-36(46)47)25(42)15-52-27(44)11-22(35)28(45)53-13-17(57-38(50)51)14-55-37(48)49/h5-6,8,17-19,21-24,40-41H,3-4,7,9-15,35H2,1-2H3/t17?,18?,19?,21-,22?,23+,24-,29-,30-,31-,32-/m0/s1. The maximum absolute atomic E-state index is 17.7. The van der Waals surface area contributed by atoms with E-state index in [-0.39, 0.29) is 12.0 Å². The molecule has 0 radical (unpaired) electrons. The van der Waals surface area contributed by atoms with Gasteiger partial charge in [0.05, 0.1) is 19.1 Å². The smallest absolute Gasteiger partial charge is 0.323 e. The molecule has 316 valence electrons. The van der Waals surface area contributed by atoms with E-state index < -0.39 is 168 Å². The second-order valence-corrected chi connectivity index (χ2v) is 14.5. The molecule has 0 aromatic carbocycles. The summed E-state index contributed by atoms with van der Waals surface area (Å²) in [4.78, 5) is 109. The molecule has 25 heteroatoms. The molecule has 0 aliphatic heterocycles. The van der Waals surface area contributed by atoms with Crippen LogP contribution < -0.4 is 5.73 Å². The van der Waals surface area contributed by atoms with Crippen molar-refractivity contribution in [2.24, 2.45) is 28.4 Å². The summed E-state index contributed by atoms with van der Waals surface area (Å²) < 4.78 is 49.0. The Hall–Kier alpha value is -5.43. The summed E-state index contributed by atoms with van der Waals surface area (Å²) in [6.07, 6.45) is -8.25. The van der Waals surface area contributed by atoms with Crippen molar-refractivity contribution in [1.29, 1.82) is 0 Å². The van der Waals surface area contributed by atoms with E-state index in [1.165, 1.54) is 13.8 Å². The Kier molecular flexibility index (Phi) is 13.2. The van der Waals surface area contributed by atoms with Crippen LogP contribution in [0, 0.1) is 53.0 Å². The zero-order valence-corrected chi connectivity index (χ0v) is 30.4. The number of hydrogen-bond acceptors (Lipinski definition) is 20. The molecule has 0 spiro atoms. The minimum atomic E-state index is -2.71. The van der Waals surface area contributed by atoms with Crippen molar-refractivity contribution in [3.8, 4) is 0 Å². The van der Waals surface area contributed by atoms with Crippen LogP contribution in [0.4, 0.5) is 8.78 Å². The molecule has 4 N–H and O–H groups in total. The summed E-state index contributed by atoms with van der Waals surface area (Å²) in [5.41, 5.74) is -3.66. The first-order chi connectivity index (χ1) is 26.5. The normalized spacial score (nSPS) is 33.5. The Morgan fingerprint density at radius 2 is 1.63 bits per heavy atom. The van der Waals surface area contributed by atoms with Crippen LogP contribution in [0.5, 0.6) is 0 Å². The van der Waals surface area contributed by atoms with Crippen LogP contribution in [-0.2, 0) is 52.7 Å². The van der Waals surface area contributed by atoms with Crippen LogP contribution in [-0.4, -0.2) is 123 Å². The number of allylic oxidation sites excluding steroid dienone is 4. The summed E-state index contributed by atoms with van der Waals surface area (Å²) >= 11 is 0. The third kappa shape index (κ3) is 8.49. The molecule has 4 rings (SSSR count). The molecule has 0 amide bonds. The van der Waals surface area contributed by atoms with Gasteiger partial charge in [-0.3, -0.25) is 24.0 Å². The lowest BCUT2D eigenvalue weighted by molar-refractivity contribution is -0.790. The van der Waals surface area contributed by atoms with Gasteiger partial charge in [-0.25, -0.2) is 8.78 Å². The Morgan fingerprint density at radius 1 is 0.965 bits per heavy atom. The van der Waals surface area contributed by atoms with Crippen LogP contribution >= 0.6 is 0 Å². The van der Waals surface area contributed by atoms with Crippen molar-refractivity contribution in [1.82, 2.24) is 0 Å². The number of ketones is 2. The number of rotatable bonds is 19. The number of fused-ring (bicyclic) bond motifs is 5. The molecular weight excluding hydrogens is 782 g/mol. The van der Waals surface area contributed by atoms with E-state index in [0.29, 0.717) is 0 Å². The molecule has 57 heavy (non-hydrogen) atoms. The topological polar surface area (TPSA) is 337 Å². The highest BCUT2D eigenvalue weighted by Crippen LogP contribution is 2.70. The van der Waals surface area contributed by atoms with Crippen LogP contribution in [0.3, 0.4) is 0 Å². The fourth-order valence-corrected chi connectivity index (χ4v) is 8.77. The average molecular weight is 823 g/mol. The SMILES string of the molecule is C[C@]12C=CC(=O)C=C1[C@@H](F)CC1C3C[C@@H](O)[C@](OC(=O)CCCO[N+](=O)[O-])(C(=O)COC(=O)CC(N)C(=O)OCC(CO[N+](=O)[O-])O[N+](=O)[O-])[C@@]3(C)C[C@H](O)[C@@]12F. The van der Waals surface area contributed by atoms with Crippen molar-refractivity contribution in [2.75, 3.05) is 26.4 Å². The van der Waals surface area contributed by atoms with E-state index in [2.05, 4.69) is 14.5 Å². The number of nitrogens with two attached hydrogens (primary N) is 1. The molecule has 0 heterocycles.